The number of alkyl carbamates (subject to hydrolysis) is 1. The number of carbonyl (C=O) groups excluding carboxylic acids is 2. The number of hydrogen-bond acceptors (Lipinski definition) is 5. The first-order valence-electron chi connectivity index (χ1n) is 10.5. The zero-order valence-electron chi connectivity index (χ0n) is 18.4. The number of nitrogens with one attached hydrogen (secondary N) is 3. The molecule has 1 aliphatic rings. The molecule has 2 unspecified atom stereocenters. The minimum absolute atomic E-state index is 0.0631. The Morgan fingerprint density at radius 2 is 2.00 bits per heavy atom. The predicted octanol–water partition coefficient (Wildman–Crippen LogP) is 3.97. The van der Waals surface area contributed by atoms with Gasteiger partial charge in [0, 0.05) is 16.8 Å². The van der Waals surface area contributed by atoms with Crippen molar-refractivity contribution in [3.63, 3.8) is 0 Å². The number of benzene rings is 1. The van der Waals surface area contributed by atoms with Gasteiger partial charge in [0.15, 0.2) is 0 Å². The van der Waals surface area contributed by atoms with Crippen LogP contribution in [0.2, 0.25) is 5.02 Å². The molecule has 0 bridgehead atoms. The summed E-state index contributed by atoms with van der Waals surface area (Å²) < 4.78 is 5.34. The topological polar surface area (TPSA) is 113 Å². The van der Waals surface area contributed by atoms with Gasteiger partial charge in [0.05, 0.1) is 24.5 Å². The molecule has 4 N–H and O–H groups in total. The second-order valence-corrected chi connectivity index (χ2v) is 9.24. The van der Waals surface area contributed by atoms with Crippen LogP contribution in [0.15, 0.2) is 36.5 Å². The maximum atomic E-state index is 12.5. The van der Waals surface area contributed by atoms with E-state index < -0.39 is 23.8 Å². The number of nitrogens with zero attached hydrogens (tertiary/aromatic N) is 1. The number of rotatable bonds is 5. The lowest BCUT2D eigenvalue weighted by atomic mass is 9.91. The van der Waals surface area contributed by atoms with Gasteiger partial charge in [-0.2, -0.15) is 0 Å². The number of carbonyl (C=O) groups is 2. The number of halogens is 1. The number of fused-ring (bicyclic) bond motifs is 1. The minimum Gasteiger partial charge on any atom is -0.444 e. The van der Waals surface area contributed by atoms with Crippen LogP contribution in [0.25, 0.3) is 0 Å². The third kappa shape index (κ3) is 6.83. The number of aliphatic hydroxyl groups excluding tert-OH is 1. The highest BCUT2D eigenvalue weighted by molar-refractivity contribution is 6.30. The SMILES string of the molecule is CC(C)(C)OC(=O)NC1CCc2ncc(NC(=O)NC(CO)c3ccc(Cl)cc3)cc2C1. The van der Waals surface area contributed by atoms with Crippen LogP contribution in [0.3, 0.4) is 0 Å². The van der Waals surface area contributed by atoms with E-state index in [1.165, 1.54) is 0 Å². The lowest BCUT2D eigenvalue weighted by Crippen LogP contribution is -2.42. The van der Waals surface area contributed by atoms with E-state index in [1.807, 2.05) is 26.8 Å². The largest absolute Gasteiger partial charge is 0.444 e. The number of pyridine rings is 1. The normalized spacial score (nSPS) is 16.5. The molecule has 0 fully saturated rings. The summed E-state index contributed by atoms with van der Waals surface area (Å²) >= 11 is 5.90. The van der Waals surface area contributed by atoms with Crippen molar-refractivity contribution in [2.45, 2.75) is 57.7 Å². The lowest BCUT2D eigenvalue weighted by molar-refractivity contribution is 0.0500. The highest BCUT2D eigenvalue weighted by Gasteiger charge is 2.24. The monoisotopic (exact) mass is 460 g/mol. The van der Waals surface area contributed by atoms with Gasteiger partial charge >= 0.3 is 12.1 Å². The van der Waals surface area contributed by atoms with Crippen LogP contribution in [0.4, 0.5) is 15.3 Å². The fourth-order valence-electron chi connectivity index (χ4n) is 3.54. The van der Waals surface area contributed by atoms with E-state index in [4.69, 9.17) is 16.3 Å². The van der Waals surface area contributed by atoms with Crippen LogP contribution in [0.5, 0.6) is 0 Å². The number of aryl methyl sites for hydroxylation is 1. The van der Waals surface area contributed by atoms with E-state index in [2.05, 4.69) is 20.9 Å². The maximum absolute atomic E-state index is 12.5. The molecule has 3 amide bonds. The fraction of sp³-hybridized carbons (Fsp3) is 0.435. The second kappa shape index (κ2) is 10.2. The Bertz CT molecular complexity index is 959. The Labute approximate surface area is 192 Å². The average Bonchev–Trinajstić information content (AvgIpc) is 2.71. The van der Waals surface area contributed by atoms with Crippen LogP contribution in [0.1, 0.15) is 50.1 Å². The van der Waals surface area contributed by atoms with Crippen molar-refractivity contribution in [1.82, 2.24) is 15.6 Å². The molecule has 32 heavy (non-hydrogen) atoms. The number of aromatic nitrogens is 1. The molecule has 172 valence electrons. The lowest BCUT2D eigenvalue weighted by Gasteiger charge is -2.27. The van der Waals surface area contributed by atoms with Gasteiger partial charge in [-0.3, -0.25) is 4.98 Å². The van der Waals surface area contributed by atoms with Gasteiger partial charge in [0.25, 0.3) is 0 Å². The molecular weight excluding hydrogens is 432 g/mol. The van der Waals surface area contributed by atoms with Crippen LogP contribution in [0, 0.1) is 0 Å². The van der Waals surface area contributed by atoms with Crippen molar-refractivity contribution in [3.8, 4) is 0 Å². The Hall–Kier alpha value is -2.84. The number of hydrogen-bond donors (Lipinski definition) is 4. The molecule has 2 aromatic rings. The van der Waals surface area contributed by atoms with Gasteiger partial charge in [-0.05, 0) is 69.4 Å². The van der Waals surface area contributed by atoms with Crippen LogP contribution in [-0.4, -0.2) is 40.5 Å². The van der Waals surface area contributed by atoms with E-state index in [-0.39, 0.29) is 12.6 Å². The molecule has 1 aromatic heterocycles. The van der Waals surface area contributed by atoms with Crippen molar-refractivity contribution >= 4 is 29.4 Å². The summed E-state index contributed by atoms with van der Waals surface area (Å²) in [6.45, 7) is 5.22. The molecule has 1 heterocycles. The maximum Gasteiger partial charge on any atom is 0.407 e. The van der Waals surface area contributed by atoms with E-state index in [0.29, 0.717) is 17.1 Å². The number of ether oxygens (including phenoxy) is 1. The van der Waals surface area contributed by atoms with Gasteiger partial charge in [-0.1, -0.05) is 23.7 Å². The smallest absolute Gasteiger partial charge is 0.407 e. The number of anilines is 1. The van der Waals surface area contributed by atoms with Crippen molar-refractivity contribution in [2.24, 2.45) is 0 Å². The quantitative estimate of drug-likeness (QED) is 0.539. The van der Waals surface area contributed by atoms with Crippen LogP contribution in [-0.2, 0) is 17.6 Å². The Morgan fingerprint density at radius 1 is 1.28 bits per heavy atom. The molecule has 3 rings (SSSR count). The van der Waals surface area contributed by atoms with Gasteiger partial charge in [-0.25, -0.2) is 9.59 Å². The summed E-state index contributed by atoms with van der Waals surface area (Å²) in [4.78, 5) is 29.0. The summed E-state index contributed by atoms with van der Waals surface area (Å²) in [5.74, 6) is 0. The fourth-order valence-corrected chi connectivity index (χ4v) is 3.67. The van der Waals surface area contributed by atoms with Gasteiger partial charge in [-0.15, -0.1) is 0 Å². The predicted molar refractivity (Wildman–Crippen MR) is 123 cm³/mol. The molecule has 2 atom stereocenters. The van der Waals surface area contributed by atoms with Crippen LogP contribution < -0.4 is 16.0 Å². The number of amides is 3. The molecule has 0 saturated carbocycles. The summed E-state index contributed by atoms with van der Waals surface area (Å²) in [5.41, 5.74) is 2.64. The van der Waals surface area contributed by atoms with E-state index in [1.54, 1.807) is 30.5 Å². The summed E-state index contributed by atoms with van der Waals surface area (Å²) in [7, 11) is 0. The first kappa shape index (κ1) is 23.8. The molecule has 0 aliphatic heterocycles. The summed E-state index contributed by atoms with van der Waals surface area (Å²) in [5, 5.41) is 18.7. The average molecular weight is 461 g/mol. The van der Waals surface area contributed by atoms with Crippen molar-refractivity contribution in [1.29, 1.82) is 0 Å². The Balaban J connectivity index is 1.60. The highest BCUT2D eigenvalue weighted by Crippen LogP contribution is 2.23. The third-order valence-corrected chi connectivity index (χ3v) is 5.25. The molecule has 1 aliphatic carbocycles. The number of aliphatic hydroxyl groups is 1. The zero-order valence-corrected chi connectivity index (χ0v) is 19.2. The van der Waals surface area contributed by atoms with E-state index in [0.717, 1.165) is 29.7 Å². The summed E-state index contributed by atoms with van der Waals surface area (Å²) in [6, 6.07) is 7.68. The minimum atomic E-state index is -0.569. The Kier molecular flexibility index (Phi) is 7.58. The van der Waals surface area contributed by atoms with Crippen molar-refractivity contribution in [3.05, 3.63) is 58.4 Å². The molecule has 0 spiro atoms. The second-order valence-electron chi connectivity index (χ2n) is 8.80. The van der Waals surface area contributed by atoms with Crippen LogP contribution >= 0.6 is 11.6 Å². The van der Waals surface area contributed by atoms with Gasteiger partial charge in [0.2, 0.25) is 0 Å². The highest BCUT2D eigenvalue weighted by atomic mass is 35.5. The Morgan fingerprint density at radius 3 is 2.66 bits per heavy atom. The summed E-state index contributed by atoms with van der Waals surface area (Å²) in [6.07, 6.45) is 3.26. The third-order valence-electron chi connectivity index (χ3n) is 4.99. The van der Waals surface area contributed by atoms with E-state index in [9.17, 15) is 14.7 Å². The van der Waals surface area contributed by atoms with Crippen molar-refractivity contribution < 1.29 is 19.4 Å². The van der Waals surface area contributed by atoms with Crippen molar-refractivity contribution in [2.75, 3.05) is 11.9 Å². The molecule has 8 nitrogen and oxygen atoms in total. The van der Waals surface area contributed by atoms with Gasteiger partial charge in [0.1, 0.15) is 5.60 Å². The standard InChI is InChI=1S/C23H29ClN4O4/c1-23(2,3)32-22(31)27-17-8-9-19-15(10-17)11-18(12-25-19)26-21(30)28-20(13-29)14-4-6-16(24)7-5-14/h4-7,11-12,17,20,29H,8-10,13H2,1-3H3,(H,27,31)(H2,26,28,30). The van der Waals surface area contributed by atoms with Gasteiger partial charge < -0.3 is 25.8 Å². The first-order valence-corrected chi connectivity index (χ1v) is 10.9. The number of urea groups is 1. The molecule has 9 heteroatoms. The first-order chi connectivity index (χ1) is 15.1. The molecule has 0 saturated heterocycles. The molecule has 1 aromatic carbocycles. The molecular formula is C23H29ClN4O4. The van der Waals surface area contributed by atoms with E-state index >= 15 is 0 Å². The zero-order chi connectivity index (χ0) is 23.3. The molecule has 0 radical (unpaired) electrons.